The number of aromatic nitrogens is 5. The zero-order chi connectivity index (χ0) is 21.1. The van der Waals surface area contributed by atoms with Gasteiger partial charge in [0.2, 0.25) is 0 Å². The van der Waals surface area contributed by atoms with E-state index in [-0.39, 0.29) is 0 Å². The van der Waals surface area contributed by atoms with Crippen molar-refractivity contribution < 1.29 is 14.8 Å². The highest BCUT2D eigenvalue weighted by Gasteiger charge is 2.17. The average molecular weight is 404 g/mol. The number of rotatable bonds is 7. The summed E-state index contributed by atoms with van der Waals surface area (Å²) in [7, 11) is 0.0401. The van der Waals surface area contributed by atoms with Crippen LogP contribution in [0.25, 0.3) is 17.0 Å². The highest BCUT2D eigenvalue weighted by atomic mass is 16.5. The number of imidazole rings is 1. The van der Waals surface area contributed by atoms with Gasteiger partial charge in [-0.15, -0.1) is 10.2 Å². The number of methoxy groups -OCH3 is 1. The zero-order valence-corrected chi connectivity index (χ0v) is 16.6. The number of nitrogens with zero attached hydrogens (tertiary/aromatic N) is 5. The van der Waals surface area contributed by atoms with Crippen LogP contribution in [0.3, 0.4) is 0 Å². The molecule has 10 heteroatoms. The van der Waals surface area contributed by atoms with Crippen LogP contribution >= 0.6 is 0 Å². The number of aryl methyl sites for hydroxylation is 1. The lowest BCUT2D eigenvalue weighted by Crippen LogP contribution is -2.30. The molecule has 0 aliphatic heterocycles. The molecule has 0 saturated heterocycles. The third kappa shape index (κ3) is 3.82. The van der Waals surface area contributed by atoms with Crippen LogP contribution in [-0.4, -0.2) is 49.0 Å². The van der Waals surface area contributed by atoms with E-state index >= 15 is 0 Å². The van der Waals surface area contributed by atoms with Crippen molar-refractivity contribution in [3.8, 4) is 12.0 Å². The van der Waals surface area contributed by atoms with E-state index in [4.69, 9.17) is 4.74 Å². The van der Waals surface area contributed by atoms with Crippen LogP contribution in [0.15, 0.2) is 48.5 Å². The molecule has 9 nitrogen and oxygen atoms in total. The number of hydrogen-bond acceptors (Lipinski definition) is 8. The van der Waals surface area contributed by atoms with E-state index in [1.54, 1.807) is 29.9 Å². The molecule has 0 spiro atoms. The van der Waals surface area contributed by atoms with Gasteiger partial charge in [-0.05, 0) is 29.6 Å². The van der Waals surface area contributed by atoms with Gasteiger partial charge in [0.1, 0.15) is 5.69 Å². The number of nitrogens with one attached hydrogen (secondary N) is 1. The largest absolute Gasteiger partial charge is 0.488 e. The van der Waals surface area contributed by atoms with Crippen molar-refractivity contribution in [3.05, 3.63) is 59.8 Å². The molecule has 0 saturated carbocycles. The van der Waals surface area contributed by atoms with Crippen LogP contribution in [0.2, 0.25) is 0 Å². The number of ether oxygens (including phenoxy) is 1. The summed E-state index contributed by atoms with van der Waals surface area (Å²) in [4.78, 5) is 9.14. The topological polar surface area (TPSA) is 118 Å². The third-order valence-electron chi connectivity index (χ3n) is 4.70. The summed E-state index contributed by atoms with van der Waals surface area (Å²) in [5.41, 5.74) is 3.62. The van der Waals surface area contributed by atoms with Crippen LogP contribution in [0.1, 0.15) is 18.2 Å². The predicted molar refractivity (Wildman–Crippen MR) is 114 cm³/mol. The fourth-order valence-electron chi connectivity index (χ4n) is 3.20. The first-order valence-electron chi connectivity index (χ1n) is 9.55. The lowest BCUT2D eigenvalue weighted by molar-refractivity contribution is 0.373. The number of para-hydroxylation sites is 2. The minimum atomic E-state index is -1.51. The minimum absolute atomic E-state index is 0.347. The Hall–Kier alpha value is -3.50. The second-order valence-corrected chi connectivity index (χ2v) is 6.66. The van der Waals surface area contributed by atoms with E-state index < -0.39 is 7.12 Å². The molecule has 2 heterocycles. The van der Waals surface area contributed by atoms with Crippen molar-refractivity contribution in [1.29, 1.82) is 0 Å². The molecule has 2 aromatic heterocycles. The second-order valence-electron chi connectivity index (χ2n) is 6.66. The van der Waals surface area contributed by atoms with Crippen molar-refractivity contribution >= 4 is 29.4 Å². The smallest absolute Gasteiger partial charge is 0.468 e. The third-order valence-corrected chi connectivity index (χ3v) is 4.70. The molecule has 4 rings (SSSR count). The van der Waals surface area contributed by atoms with Crippen LogP contribution in [0.5, 0.6) is 6.01 Å². The fourth-order valence-corrected chi connectivity index (χ4v) is 3.20. The van der Waals surface area contributed by atoms with Crippen LogP contribution < -0.4 is 15.5 Å². The number of hydrogen-bond donors (Lipinski definition) is 3. The number of anilines is 1. The minimum Gasteiger partial charge on any atom is -0.468 e. The van der Waals surface area contributed by atoms with Gasteiger partial charge in [0.05, 0.1) is 18.1 Å². The molecule has 152 valence electrons. The molecule has 30 heavy (non-hydrogen) atoms. The molecule has 0 unspecified atom stereocenters. The quantitative estimate of drug-likeness (QED) is 0.392. The zero-order valence-electron chi connectivity index (χ0n) is 16.6. The van der Waals surface area contributed by atoms with Crippen molar-refractivity contribution in [2.45, 2.75) is 19.9 Å². The first-order chi connectivity index (χ1) is 14.6. The van der Waals surface area contributed by atoms with E-state index in [1.807, 2.05) is 37.3 Å². The molecule has 3 N–H and O–H groups in total. The van der Waals surface area contributed by atoms with Gasteiger partial charge in [-0.25, -0.2) is 4.57 Å². The summed E-state index contributed by atoms with van der Waals surface area (Å²) in [5.74, 6) is 0.942. The molecule has 2 aromatic carbocycles. The van der Waals surface area contributed by atoms with Crippen LogP contribution in [-0.2, 0) is 13.0 Å². The second kappa shape index (κ2) is 8.48. The predicted octanol–water partition coefficient (Wildman–Crippen LogP) is 1.07. The molecule has 4 aromatic rings. The summed E-state index contributed by atoms with van der Waals surface area (Å²) < 4.78 is 7.14. The Morgan fingerprint density at radius 3 is 2.67 bits per heavy atom. The van der Waals surface area contributed by atoms with Gasteiger partial charge in [-0.1, -0.05) is 43.3 Å². The Labute approximate surface area is 173 Å². The van der Waals surface area contributed by atoms with Crippen LogP contribution in [0.4, 0.5) is 5.82 Å². The molecular formula is C20H21BN6O3. The maximum Gasteiger partial charge on any atom is 0.488 e. The fraction of sp³-hybridized carbons (Fsp3) is 0.200. The summed E-state index contributed by atoms with van der Waals surface area (Å²) in [6.45, 7) is 2.42. The molecule has 0 amide bonds. The van der Waals surface area contributed by atoms with Crippen molar-refractivity contribution in [3.63, 3.8) is 0 Å². The Bertz CT molecular complexity index is 1180. The highest BCUT2D eigenvalue weighted by molar-refractivity contribution is 6.58. The first kappa shape index (κ1) is 19.8. The van der Waals surface area contributed by atoms with Gasteiger partial charge >= 0.3 is 13.1 Å². The van der Waals surface area contributed by atoms with E-state index in [0.717, 1.165) is 22.3 Å². The maximum absolute atomic E-state index is 9.38. The molecule has 0 radical (unpaired) electrons. The summed E-state index contributed by atoms with van der Waals surface area (Å²) in [6.07, 6.45) is 0.653. The van der Waals surface area contributed by atoms with E-state index in [2.05, 4.69) is 25.5 Å². The lowest BCUT2D eigenvalue weighted by atomic mass is 9.80. The summed E-state index contributed by atoms with van der Waals surface area (Å²) >= 11 is 0. The number of fused-ring (bicyclic) bond motifs is 1. The van der Waals surface area contributed by atoms with Gasteiger partial charge in [0, 0.05) is 6.54 Å². The first-order valence-corrected chi connectivity index (χ1v) is 9.55. The standard InChI is InChI=1S/C20H21BN6O3/c1-3-15-18(22-12-13-7-6-8-14(11-13)21(28)29)24-19(26-25-15)27-17-10-5-4-9-16(17)23-20(27)30-2/h4-11,28-29H,3,12H2,1-2H3,(H,22,24,26). The molecule has 0 atom stereocenters. The molecule has 0 aliphatic rings. The molecule has 0 fully saturated rings. The maximum atomic E-state index is 9.38. The Morgan fingerprint density at radius 1 is 1.07 bits per heavy atom. The van der Waals surface area contributed by atoms with E-state index in [0.29, 0.717) is 36.2 Å². The van der Waals surface area contributed by atoms with Gasteiger partial charge in [0.25, 0.3) is 5.95 Å². The molecule has 0 bridgehead atoms. The van der Waals surface area contributed by atoms with Gasteiger partial charge in [-0.3, -0.25) is 0 Å². The van der Waals surface area contributed by atoms with Gasteiger partial charge in [0.15, 0.2) is 5.82 Å². The van der Waals surface area contributed by atoms with Crippen molar-refractivity contribution in [2.24, 2.45) is 0 Å². The normalized spacial score (nSPS) is 10.9. The van der Waals surface area contributed by atoms with Crippen molar-refractivity contribution in [1.82, 2.24) is 24.7 Å². The Morgan fingerprint density at radius 2 is 1.90 bits per heavy atom. The SMILES string of the molecule is CCc1nnc(-n2c(OC)nc3ccccc32)nc1NCc1cccc(B(O)O)c1. The van der Waals surface area contributed by atoms with Gasteiger partial charge < -0.3 is 20.1 Å². The average Bonchev–Trinajstić information content (AvgIpc) is 3.16. The Kier molecular flexibility index (Phi) is 5.60. The monoisotopic (exact) mass is 404 g/mol. The lowest BCUT2D eigenvalue weighted by Gasteiger charge is -2.12. The summed E-state index contributed by atoms with van der Waals surface area (Å²) in [6, 6.07) is 15.1. The van der Waals surface area contributed by atoms with Gasteiger partial charge in [-0.2, -0.15) is 9.97 Å². The van der Waals surface area contributed by atoms with E-state index in [1.165, 1.54) is 0 Å². The molecular weight excluding hydrogens is 383 g/mol. The summed E-state index contributed by atoms with van der Waals surface area (Å²) in [5, 5.41) is 30.7. The van der Waals surface area contributed by atoms with Crippen molar-refractivity contribution in [2.75, 3.05) is 12.4 Å². The number of benzene rings is 2. The molecule has 0 aliphatic carbocycles. The van der Waals surface area contributed by atoms with E-state index in [9.17, 15) is 10.0 Å². The highest BCUT2D eigenvalue weighted by Crippen LogP contribution is 2.25. The van der Waals surface area contributed by atoms with Crippen LogP contribution in [0, 0.1) is 0 Å². The Balaban J connectivity index is 1.69.